The van der Waals surface area contributed by atoms with Crippen LogP contribution in [0.2, 0.25) is 0 Å². The molecular formula is C25H25N3O5. The van der Waals surface area contributed by atoms with Crippen molar-refractivity contribution in [1.29, 1.82) is 0 Å². The first-order chi connectivity index (χ1) is 15.9. The monoisotopic (exact) mass is 447 g/mol. The number of anilines is 3. The number of amides is 2. The first kappa shape index (κ1) is 23.3. The fourth-order valence-electron chi connectivity index (χ4n) is 3.09. The van der Waals surface area contributed by atoms with Crippen molar-refractivity contribution in [3.05, 3.63) is 77.9 Å². The van der Waals surface area contributed by atoms with Gasteiger partial charge in [0.05, 0.1) is 32.1 Å². The van der Waals surface area contributed by atoms with E-state index in [0.717, 1.165) is 0 Å². The summed E-state index contributed by atoms with van der Waals surface area (Å²) in [4.78, 5) is 36.2. The van der Waals surface area contributed by atoms with E-state index in [1.165, 1.54) is 21.1 Å². The third-order valence-corrected chi connectivity index (χ3v) is 4.82. The number of ketones is 1. The number of carbonyl (C=O) groups excluding carboxylic acids is 3. The minimum Gasteiger partial charge on any atom is -0.495 e. The Labute approximate surface area is 191 Å². The summed E-state index contributed by atoms with van der Waals surface area (Å²) in [6, 6.07) is 18.7. The maximum Gasteiger partial charge on any atom is 0.255 e. The zero-order chi connectivity index (χ0) is 23.8. The number of nitrogens with one attached hydrogen (secondary N) is 3. The molecule has 0 fully saturated rings. The molecule has 2 amide bonds. The Kier molecular flexibility index (Phi) is 7.64. The largest absolute Gasteiger partial charge is 0.495 e. The van der Waals surface area contributed by atoms with Crippen molar-refractivity contribution >= 4 is 34.7 Å². The van der Waals surface area contributed by atoms with E-state index in [-0.39, 0.29) is 24.1 Å². The molecule has 8 nitrogen and oxygen atoms in total. The molecule has 0 radical (unpaired) electrons. The standard InChI is InChI=1S/C25H25N3O5/c1-16(29)17-9-11-19(12-10-17)27-24(30)15-26-20-13-23(33-3)21(14-22(20)32-2)28-25(31)18-7-5-4-6-8-18/h4-14,26H,15H2,1-3H3,(H,27,30)(H,28,31). The Morgan fingerprint density at radius 1 is 0.758 bits per heavy atom. The molecule has 0 saturated carbocycles. The van der Waals surface area contributed by atoms with Crippen molar-refractivity contribution < 1.29 is 23.9 Å². The molecular weight excluding hydrogens is 422 g/mol. The topological polar surface area (TPSA) is 106 Å². The molecule has 0 unspecified atom stereocenters. The van der Waals surface area contributed by atoms with Crippen molar-refractivity contribution in [2.75, 3.05) is 36.7 Å². The van der Waals surface area contributed by atoms with Gasteiger partial charge in [0.25, 0.3) is 5.91 Å². The predicted molar refractivity (Wildman–Crippen MR) is 128 cm³/mol. The quantitative estimate of drug-likeness (QED) is 0.425. The number of ether oxygens (including phenoxy) is 2. The summed E-state index contributed by atoms with van der Waals surface area (Å²) in [6.07, 6.45) is 0. The normalized spacial score (nSPS) is 10.2. The first-order valence-corrected chi connectivity index (χ1v) is 10.2. The highest BCUT2D eigenvalue weighted by Gasteiger charge is 2.15. The molecule has 0 atom stereocenters. The summed E-state index contributed by atoms with van der Waals surface area (Å²) < 4.78 is 10.8. The highest BCUT2D eigenvalue weighted by molar-refractivity contribution is 6.05. The van der Waals surface area contributed by atoms with Crippen molar-refractivity contribution in [3.8, 4) is 11.5 Å². The van der Waals surface area contributed by atoms with Crippen LogP contribution in [0.3, 0.4) is 0 Å². The predicted octanol–water partition coefficient (Wildman–Crippen LogP) is 4.21. The maximum atomic E-state index is 12.5. The van der Waals surface area contributed by atoms with Crippen LogP contribution in [-0.4, -0.2) is 38.4 Å². The van der Waals surface area contributed by atoms with Gasteiger partial charge in [-0.1, -0.05) is 18.2 Å². The van der Waals surface area contributed by atoms with Gasteiger partial charge in [-0.3, -0.25) is 14.4 Å². The molecule has 0 aromatic heterocycles. The molecule has 3 N–H and O–H groups in total. The van der Waals surface area contributed by atoms with Crippen molar-refractivity contribution in [1.82, 2.24) is 0 Å². The average molecular weight is 447 g/mol. The van der Waals surface area contributed by atoms with E-state index < -0.39 is 0 Å². The van der Waals surface area contributed by atoms with Crippen molar-refractivity contribution in [2.24, 2.45) is 0 Å². The van der Waals surface area contributed by atoms with E-state index in [4.69, 9.17) is 9.47 Å². The number of Topliss-reactive ketones (excluding diaryl/α,β-unsaturated/α-hetero) is 1. The Morgan fingerprint density at radius 2 is 1.36 bits per heavy atom. The minimum atomic E-state index is -0.285. The lowest BCUT2D eigenvalue weighted by Gasteiger charge is -2.17. The van der Waals surface area contributed by atoms with Crippen LogP contribution in [0, 0.1) is 0 Å². The second-order valence-electron chi connectivity index (χ2n) is 7.11. The molecule has 0 aliphatic carbocycles. The molecule has 170 valence electrons. The minimum absolute atomic E-state index is 0.0380. The average Bonchev–Trinajstić information content (AvgIpc) is 2.83. The number of carbonyl (C=O) groups is 3. The fourth-order valence-corrected chi connectivity index (χ4v) is 3.09. The summed E-state index contributed by atoms with van der Waals surface area (Å²) in [7, 11) is 2.98. The number of methoxy groups -OCH3 is 2. The van der Waals surface area contributed by atoms with Gasteiger partial charge >= 0.3 is 0 Å². The molecule has 0 aliphatic rings. The van der Waals surface area contributed by atoms with E-state index in [1.807, 2.05) is 6.07 Å². The SMILES string of the molecule is COc1cc(NC(=O)c2ccccc2)c(OC)cc1NCC(=O)Nc1ccc(C(C)=O)cc1. The lowest BCUT2D eigenvalue weighted by molar-refractivity contribution is -0.114. The van der Waals surface area contributed by atoms with Crippen LogP contribution < -0.4 is 25.4 Å². The van der Waals surface area contributed by atoms with Crippen LogP contribution in [0.4, 0.5) is 17.1 Å². The van der Waals surface area contributed by atoms with Gasteiger partial charge < -0.3 is 25.4 Å². The molecule has 33 heavy (non-hydrogen) atoms. The lowest BCUT2D eigenvalue weighted by Crippen LogP contribution is -2.22. The van der Waals surface area contributed by atoms with E-state index in [0.29, 0.717) is 39.7 Å². The van der Waals surface area contributed by atoms with Crippen molar-refractivity contribution in [3.63, 3.8) is 0 Å². The summed E-state index contributed by atoms with van der Waals surface area (Å²) >= 11 is 0. The van der Waals surface area contributed by atoms with E-state index >= 15 is 0 Å². The van der Waals surface area contributed by atoms with Gasteiger partial charge in [-0.05, 0) is 43.3 Å². The molecule has 0 bridgehead atoms. The maximum absolute atomic E-state index is 12.5. The van der Waals surface area contributed by atoms with Gasteiger partial charge in [0.1, 0.15) is 11.5 Å². The Morgan fingerprint density at radius 3 is 1.97 bits per heavy atom. The first-order valence-electron chi connectivity index (χ1n) is 10.2. The van der Waals surface area contributed by atoms with E-state index in [1.54, 1.807) is 60.7 Å². The zero-order valence-electron chi connectivity index (χ0n) is 18.6. The summed E-state index contributed by atoms with van der Waals surface area (Å²) in [5, 5.41) is 8.59. The Hall–Kier alpha value is -4.33. The van der Waals surface area contributed by atoms with Crippen LogP contribution >= 0.6 is 0 Å². The third-order valence-electron chi connectivity index (χ3n) is 4.82. The smallest absolute Gasteiger partial charge is 0.255 e. The number of hydrogen-bond donors (Lipinski definition) is 3. The second kappa shape index (κ2) is 10.8. The number of benzene rings is 3. The van der Waals surface area contributed by atoms with E-state index in [2.05, 4.69) is 16.0 Å². The number of hydrogen-bond acceptors (Lipinski definition) is 6. The van der Waals surface area contributed by atoms with E-state index in [9.17, 15) is 14.4 Å². The number of rotatable bonds is 9. The van der Waals surface area contributed by atoms with Crippen LogP contribution in [0.25, 0.3) is 0 Å². The van der Waals surface area contributed by atoms with Crippen LogP contribution in [0.15, 0.2) is 66.7 Å². The molecule has 0 spiro atoms. The summed E-state index contributed by atoms with van der Waals surface area (Å²) in [5.74, 6) is 0.222. The third kappa shape index (κ3) is 6.10. The zero-order valence-corrected chi connectivity index (χ0v) is 18.6. The summed E-state index contributed by atoms with van der Waals surface area (Å²) in [6.45, 7) is 1.45. The van der Waals surface area contributed by atoms with Crippen LogP contribution in [0.1, 0.15) is 27.6 Å². The van der Waals surface area contributed by atoms with Gasteiger partial charge in [-0.25, -0.2) is 0 Å². The molecule has 3 aromatic carbocycles. The van der Waals surface area contributed by atoms with Gasteiger partial charge in [0.2, 0.25) is 5.91 Å². The highest BCUT2D eigenvalue weighted by atomic mass is 16.5. The molecule has 8 heteroatoms. The molecule has 0 saturated heterocycles. The van der Waals surface area contributed by atoms with Gasteiger partial charge in [-0.2, -0.15) is 0 Å². The van der Waals surface area contributed by atoms with Gasteiger partial charge in [-0.15, -0.1) is 0 Å². The van der Waals surface area contributed by atoms with Crippen molar-refractivity contribution in [2.45, 2.75) is 6.92 Å². The van der Waals surface area contributed by atoms with Gasteiger partial charge in [0.15, 0.2) is 5.78 Å². The molecule has 3 aromatic rings. The Balaban J connectivity index is 1.69. The van der Waals surface area contributed by atoms with Crippen LogP contribution in [0.5, 0.6) is 11.5 Å². The van der Waals surface area contributed by atoms with Gasteiger partial charge in [0, 0.05) is 28.9 Å². The van der Waals surface area contributed by atoms with Crippen LogP contribution in [-0.2, 0) is 4.79 Å². The second-order valence-corrected chi connectivity index (χ2v) is 7.11. The highest BCUT2D eigenvalue weighted by Crippen LogP contribution is 2.36. The molecule has 0 heterocycles. The summed E-state index contributed by atoms with van der Waals surface area (Å²) in [5.41, 5.74) is 2.62. The Bertz CT molecular complexity index is 1140. The fraction of sp³-hybridized carbons (Fsp3) is 0.160. The molecule has 3 rings (SSSR count). The molecule has 0 aliphatic heterocycles. The lowest BCUT2D eigenvalue weighted by atomic mass is 10.1.